The summed E-state index contributed by atoms with van der Waals surface area (Å²) in [4.78, 5) is 10.2. The number of ether oxygens (including phenoxy) is 1. The summed E-state index contributed by atoms with van der Waals surface area (Å²) in [6.07, 6.45) is 0. The maximum Gasteiger partial charge on any atom is 0.341 e. The van der Waals surface area contributed by atoms with Crippen LogP contribution in [0.1, 0.15) is 12.5 Å². The first-order chi connectivity index (χ1) is 12.8. The van der Waals surface area contributed by atoms with Gasteiger partial charge >= 0.3 is 5.97 Å². The molecule has 2 aromatic carbocycles. The molecule has 0 amide bonds. The minimum Gasteiger partial charge on any atom is -0.482 e. The van der Waals surface area contributed by atoms with Crippen LogP contribution >= 0.6 is 24.2 Å². The Kier molecular flexibility index (Phi) is 10.00. The van der Waals surface area contributed by atoms with Crippen LogP contribution in [-0.2, 0) is 4.79 Å². The largest absolute Gasteiger partial charge is 0.482 e. The molecule has 0 unspecified atom stereocenters. The van der Waals surface area contributed by atoms with Crippen molar-refractivity contribution in [1.29, 1.82) is 5.41 Å². The highest BCUT2D eigenvalue weighted by Crippen LogP contribution is 2.15. The molecule has 0 aliphatic heterocycles. The fourth-order valence-electron chi connectivity index (χ4n) is 1.71. The van der Waals surface area contributed by atoms with Gasteiger partial charge in [0, 0.05) is 10.8 Å². The van der Waals surface area contributed by atoms with Crippen LogP contribution < -0.4 is 10.2 Å². The maximum absolute atomic E-state index is 10.2. The quantitative estimate of drug-likeness (QED) is 0.308. The van der Waals surface area contributed by atoms with Crippen LogP contribution in [0.4, 0.5) is 5.69 Å². The number of aliphatic carboxylic acids is 1. The summed E-state index contributed by atoms with van der Waals surface area (Å²) in [5.74, 6) is 0.0515. The first-order valence-corrected chi connectivity index (χ1v) is 8.99. The Morgan fingerprint density at radius 1 is 1.26 bits per heavy atom. The molecule has 0 heterocycles. The minimum atomic E-state index is -0.960. The van der Waals surface area contributed by atoms with Gasteiger partial charge in [0.2, 0.25) is 0 Å². The molecule has 0 fully saturated rings. The van der Waals surface area contributed by atoms with E-state index in [4.69, 9.17) is 26.9 Å². The molecule has 8 heteroatoms. The molecular weight excluding hydrogens is 386 g/mol. The Morgan fingerprint density at radius 3 is 2.44 bits per heavy atom. The number of para-hydroxylation sites is 1. The number of anilines is 1. The second-order valence-electron chi connectivity index (χ2n) is 5.40. The van der Waals surface area contributed by atoms with E-state index in [2.05, 4.69) is 23.2 Å². The molecule has 0 spiro atoms. The third-order valence-electron chi connectivity index (χ3n) is 3.24. The molecule has 2 rings (SSSR count). The third kappa shape index (κ3) is 9.12. The van der Waals surface area contributed by atoms with Gasteiger partial charge in [0.25, 0.3) is 0 Å². The van der Waals surface area contributed by atoms with Gasteiger partial charge in [-0.3, -0.25) is 5.43 Å². The molecule has 3 N–H and O–H groups in total. The number of carbonyl (C=O) groups is 1. The lowest BCUT2D eigenvalue weighted by Crippen LogP contribution is -2.12. The molecule has 0 radical (unpaired) electrons. The van der Waals surface area contributed by atoms with Gasteiger partial charge in [-0.25, -0.2) is 4.79 Å². The fourth-order valence-corrected chi connectivity index (χ4v) is 2.07. The number of hydrogen-bond donors (Lipinski definition) is 4. The van der Waals surface area contributed by atoms with Crippen molar-refractivity contribution < 1.29 is 14.6 Å². The van der Waals surface area contributed by atoms with E-state index in [-0.39, 0.29) is 6.61 Å². The Morgan fingerprint density at radius 2 is 1.89 bits per heavy atom. The SMILES string of the molecule is C/C(=N/Nc1ccc(Cl)cc1)C(=N)CS.Cc1ccccc1OCC(=O)O. The number of nitrogens with one attached hydrogen (secondary N) is 2. The van der Waals surface area contributed by atoms with Crippen molar-refractivity contribution in [3.8, 4) is 5.75 Å². The number of carboxylic acid groups (broad SMARTS) is 1. The van der Waals surface area contributed by atoms with Crippen LogP contribution in [0.25, 0.3) is 0 Å². The van der Waals surface area contributed by atoms with Gasteiger partial charge < -0.3 is 15.3 Å². The number of hydrogen-bond acceptors (Lipinski definition) is 6. The van der Waals surface area contributed by atoms with Gasteiger partial charge in [0.15, 0.2) is 6.61 Å². The van der Waals surface area contributed by atoms with Gasteiger partial charge in [-0.2, -0.15) is 17.7 Å². The topological polar surface area (TPSA) is 94.8 Å². The second-order valence-corrected chi connectivity index (χ2v) is 6.15. The van der Waals surface area contributed by atoms with Crippen molar-refractivity contribution in [2.24, 2.45) is 5.10 Å². The number of thiol groups is 1. The van der Waals surface area contributed by atoms with E-state index >= 15 is 0 Å². The molecule has 6 nitrogen and oxygen atoms in total. The van der Waals surface area contributed by atoms with Crippen LogP contribution in [0, 0.1) is 12.3 Å². The number of carboxylic acids is 1. The summed E-state index contributed by atoms with van der Waals surface area (Å²) in [5, 5.41) is 20.5. The van der Waals surface area contributed by atoms with Gasteiger partial charge in [-0.05, 0) is 49.7 Å². The highest BCUT2D eigenvalue weighted by Gasteiger charge is 2.00. The lowest BCUT2D eigenvalue weighted by Gasteiger charge is -2.04. The van der Waals surface area contributed by atoms with Crippen molar-refractivity contribution in [3.63, 3.8) is 0 Å². The fraction of sp³-hybridized carbons (Fsp3) is 0.211. The highest BCUT2D eigenvalue weighted by atomic mass is 35.5. The summed E-state index contributed by atoms with van der Waals surface area (Å²) in [6.45, 7) is 3.35. The standard InChI is InChI=1S/C10H12ClN3S.C9H10O3/c1-7(10(12)6-15)13-14-9-4-2-8(11)3-5-9;1-7-4-2-3-5-8(7)12-6-9(10)11/h2-5,12,14-15H,6H2,1H3;2-5H,6H2,1H3,(H,10,11)/b12-10?,13-7-;. The van der Waals surface area contributed by atoms with Gasteiger partial charge in [-0.1, -0.05) is 29.8 Å². The Hall–Kier alpha value is -2.51. The number of aryl methyl sites for hydroxylation is 1. The van der Waals surface area contributed by atoms with E-state index in [1.54, 1.807) is 25.1 Å². The average molecular weight is 408 g/mol. The number of hydrazone groups is 1. The molecule has 0 saturated carbocycles. The van der Waals surface area contributed by atoms with E-state index in [1.165, 1.54) is 0 Å². The van der Waals surface area contributed by atoms with E-state index in [9.17, 15) is 4.79 Å². The summed E-state index contributed by atoms with van der Waals surface area (Å²) in [5.41, 5.74) is 5.65. The Labute approximate surface area is 169 Å². The van der Waals surface area contributed by atoms with Crippen molar-refractivity contribution in [2.45, 2.75) is 13.8 Å². The molecule has 0 saturated heterocycles. The summed E-state index contributed by atoms with van der Waals surface area (Å²) >= 11 is 9.74. The van der Waals surface area contributed by atoms with Crippen molar-refractivity contribution in [1.82, 2.24) is 0 Å². The lowest BCUT2D eigenvalue weighted by molar-refractivity contribution is -0.139. The molecule has 0 atom stereocenters. The van der Waals surface area contributed by atoms with Crippen LogP contribution in [0.15, 0.2) is 53.6 Å². The van der Waals surface area contributed by atoms with E-state index in [1.807, 2.05) is 37.3 Å². The Balaban J connectivity index is 0.000000277. The molecular formula is C19H22ClN3O3S. The van der Waals surface area contributed by atoms with Crippen molar-refractivity contribution >= 4 is 47.3 Å². The lowest BCUT2D eigenvalue weighted by atomic mass is 10.2. The zero-order valence-electron chi connectivity index (χ0n) is 15.1. The Bertz CT molecular complexity index is 795. The predicted octanol–water partition coefficient (Wildman–Crippen LogP) is 4.54. The molecule has 0 bridgehead atoms. The van der Waals surface area contributed by atoms with E-state index in [0.717, 1.165) is 11.3 Å². The second kappa shape index (κ2) is 12.0. The normalized spacial score (nSPS) is 10.4. The molecule has 0 aliphatic carbocycles. The number of nitrogens with zero attached hydrogens (tertiary/aromatic N) is 1. The van der Waals surface area contributed by atoms with Gasteiger partial charge in [-0.15, -0.1) is 0 Å². The maximum atomic E-state index is 10.2. The zero-order chi connectivity index (χ0) is 20.2. The molecule has 144 valence electrons. The van der Waals surface area contributed by atoms with E-state index < -0.39 is 5.97 Å². The summed E-state index contributed by atoms with van der Waals surface area (Å²) < 4.78 is 5.00. The molecule has 27 heavy (non-hydrogen) atoms. The monoisotopic (exact) mass is 407 g/mol. The van der Waals surface area contributed by atoms with Crippen LogP contribution in [0.5, 0.6) is 5.75 Å². The van der Waals surface area contributed by atoms with Crippen LogP contribution in [0.3, 0.4) is 0 Å². The van der Waals surface area contributed by atoms with Crippen LogP contribution in [0.2, 0.25) is 5.02 Å². The van der Waals surface area contributed by atoms with Crippen molar-refractivity contribution in [2.75, 3.05) is 17.8 Å². The first kappa shape index (κ1) is 22.5. The average Bonchev–Trinajstić information content (AvgIpc) is 2.66. The molecule has 0 aliphatic rings. The van der Waals surface area contributed by atoms with Gasteiger partial charge in [0.05, 0.1) is 17.1 Å². The number of rotatable bonds is 7. The van der Waals surface area contributed by atoms with Crippen molar-refractivity contribution in [3.05, 3.63) is 59.1 Å². The first-order valence-electron chi connectivity index (χ1n) is 7.98. The number of benzene rings is 2. The minimum absolute atomic E-state index is 0.287. The highest BCUT2D eigenvalue weighted by molar-refractivity contribution is 7.81. The number of halogens is 1. The third-order valence-corrected chi connectivity index (χ3v) is 3.80. The smallest absolute Gasteiger partial charge is 0.341 e. The summed E-state index contributed by atoms with van der Waals surface area (Å²) in [6, 6.07) is 14.5. The van der Waals surface area contributed by atoms with Crippen LogP contribution in [-0.4, -0.2) is 34.9 Å². The predicted molar refractivity (Wildman–Crippen MR) is 114 cm³/mol. The van der Waals surface area contributed by atoms with Gasteiger partial charge in [0.1, 0.15) is 5.75 Å². The molecule has 2 aromatic rings. The zero-order valence-corrected chi connectivity index (χ0v) is 16.7. The summed E-state index contributed by atoms with van der Waals surface area (Å²) in [7, 11) is 0. The van der Waals surface area contributed by atoms with E-state index in [0.29, 0.717) is 27.9 Å². The molecule has 0 aromatic heterocycles.